The van der Waals surface area contributed by atoms with Gasteiger partial charge in [0.2, 0.25) is 0 Å². The van der Waals surface area contributed by atoms with E-state index in [0.29, 0.717) is 16.8 Å². The molecule has 0 aliphatic rings. The number of para-hydroxylation sites is 1. The smallest absolute Gasteiger partial charge is 0.169 e. The van der Waals surface area contributed by atoms with E-state index in [-0.39, 0.29) is 5.82 Å². The minimum absolute atomic E-state index is 0.295. The maximum atomic E-state index is 13.1. The quantitative estimate of drug-likeness (QED) is 0.608. The molecule has 72 valence electrons. The summed E-state index contributed by atoms with van der Waals surface area (Å²) < 4.78 is 19.0. The Labute approximate surface area is 93.5 Å². The highest BCUT2D eigenvalue weighted by atomic mass is 79.9. The van der Waals surface area contributed by atoms with Crippen molar-refractivity contribution < 1.29 is 9.13 Å². The normalized spacial score (nSPS) is 10.1. The predicted octanol–water partition coefficient (Wildman–Crippen LogP) is 3.75. The van der Waals surface area contributed by atoms with Crippen molar-refractivity contribution in [3.8, 4) is 5.75 Å². The van der Waals surface area contributed by atoms with Crippen molar-refractivity contribution in [2.45, 2.75) is 6.42 Å². The summed E-state index contributed by atoms with van der Waals surface area (Å²) in [4.78, 5) is 0. The largest absolute Gasteiger partial charge is 0.489 e. The Hall–Kier alpha value is -0.0900. The molecule has 0 aromatic heterocycles. The minimum Gasteiger partial charge on any atom is -0.489 e. The zero-order chi connectivity index (χ0) is 9.68. The molecule has 1 rings (SSSR count). The van der Waals surface area contributed by atoms with Crippen LogP contribution >= 0.6 is 31.9 Å². The Kier molecular flexibility index (Phi) is 4.73. The van der Waals surface area contributed by atoms with Gasteiger partial charge in [0.05, 0.1) is 11.1 Å². The van der Waals surface area contributed by atoms with Gasteiger partial charge in [-0.15, -0.1) is 0 Å². The molecule has 0 heterocycles. The fourth-order valence-corrected chi connectivity index (χ4v) is 1.53. The van der Waals surface area contributed by atoms with Crippen LogP contribution in [-0.4, -0.2) is 11.9 Å². The van der Waals surface area contributed by atoms with Gasteiger partial charge in [-0.25, -0.2) is 4.39 Å². The van der Waals surface area contributed by atoms with Crippen LogP contribution in [0.4, 0.5) is 4.39 Å². The second-order valence-electron chi connectivity index (χ2n) is 2.44. The lowest BCUT2D eigenvalue weighted by Gasteiger charge is -2.07. The highest BCUT2D eigenvalue weighted by Gasteiger charge is 2.06. The van der Waals surface area contributed by atoms with E-state index in [1.807, 2.05) is 0 Å². The van der Waals surface area contributed by atoms with Crippen LogP contribution in [0.25, 0.3) is 0 Å². The highest BCUT2D eigenvalue weighted by molar-refractivity contribution is 9.10. The van der Waals surface area contributed by atoms with E-state index in [0.717, 1.165) is 11.8 Å². The van der Waals surface area contributed by atoms with E-state index in [4.69, 9.17) is 4.74 Å². The first-order valence-electron chi connectivity index (χ1n) is 3.88. The molecule has 0 fully saturated rings. The van der Waals surface area contributed by atoms with E-state index >= 15 is 0 Å². The highest BCUT2D eigenvalue weighted by Crippen LogP contribution is 2.27. The minimum atomic E-state index is -0.330. The molecule has 0 spiro atoms. The third-order valence-corrected chi connectivity index (χ3v) is 2.63. The summed E-state index contributed by atoms with van der Waals surface area (Å²) in [6, 6.07) is 4.78. The zero-order valence-corrected chi connectivity index (χ0v) is 10.1. The van der Waals surface area contributed by atoms with Crippen molar-refractivity contribution in [1.29, 1.82) is 0 Å². The second-order valence-corrected chi connectivity index (χ2v) is 4.09. The summed E-state index contributed by atoms with van der Waals surface area (Å²) >= 11 is 6.50. The molecule has 0 atom stereocenters. The Balaban J connectivity index is 2.64. The molecule has 0 aliphatic heterocycles. The van der Waals surface area contributed by atoms with Crippen molar-refractivity contribution in [2.75, 3.05) is 11.9 Å². The van der Waals surface area contributed by atoms with E-state index < -0.39 is 0 Å². The van der Waals surface area contributed by atoms with Crippen molar-refractivity contribution in [2.24, 2.45) is 0 Å². The number of hydrogen-bond donors (Lipinski definition) is 0. The van der Waals surface area contributed by atoms with Gasteiger partial charge in [0, 0.05) is 5.33 Å². The number of halogens is 3. The molecule has 13 heavy (non-hydrogen) atoms. The number of rotatable bonds is 4. The molecule has 0 aliphatic carbocycles. The number of ether oxygens (including phenoxy) is 1. The Bertz CT molecular complexity index is 258. The SMILES string of the molecule is Fc1cccc(Br)c1OCCCBr. The van der Waals surface area contributed by atoms with E-state index in [2.05, 4.69) is 31.9 Å². The summed E-state index contributed by atoms with van der Waals surface area (Å²) in [7, 11) is 0. The first-order valence-corrected chi connectivity index (χ1v) is 5.80. The summed E-state index contributed by atoms with van der Waals surface area (Å²) in [6.07, 6.45) is 0.862. The van der Waals surface area contributed by atoms with Gasteiger partial charge in [-0.1, -0.05) is 22.0 Å². The number of benzene rings is 1. The average molecular weight is 312 g/mol. The van der Waals surface area contributed by atoms with Crippen LogP contribution in [0.1, 0.15) is 6.42 Å². The first kappa shape index (κ1) is 11.0. The average Bonchev–Trinajstić information content (AvgIpc) is 2.10. The standard InChI is InChI=1S/C9H9Br2FO/c10-5-2-6-13-9-7(11)3-1-4-8(9)12/h1,3-4H,2,5-6H2. The van der Waals surface area contributed by atoms with E-state index in [1.165, 1.54) is 6.07 Å². The lowest BCUT2D eigenvalue weighted by atomic mass is 10.3. The zero-order valence-electron chi connectivity index (χ0n) is 6.90. The molecule has 0 unspecified atom stereocenters. The molecule has 1 aromatic rings. The molecule has 0 saturated carbocycles. The van der Waals surface area contributed by atoms with Gasteiger partial charge in [-0.2, -0.15) is 0 Å². The van der Waals surface area contributed by atoms with Crippen LogP contribution < -0.4 is 4.74 Å². The third-order valence-electron chi connectivity index (χ3n) is 1.44. The second kappa shape index (κ2) is 5.60. The summed E-state index contributed by atoms with van der Waals surface area (Å²) in [5.74, 6) is -0.0348. The van der Waals surface area contributed by atoms with Gasteiger partial charge in [0.15, 0.2) is 11.6 Å². The van der Waals surface area contributed by atoms with Gasteiger partial charge in [-0.3, -0.25) is 0 Å². The predicted molar refractivity (Wildman–Crippen MR) is 58.0 cm³/mol. The van der Waals surface area contributed by atoms with Crippen molar-refractivity contribution in [3.05, 3.63) is 28.5 Å². The molecule has 0 bridgehead atoms. The molecule has 1 aromatic carbocycles. The molecular weight excluding hydrogens is 303 g/mol. The maximum Gasteiger partial charge on any atom is 0.169 e. The van der Waals surface area contributed by atoms with E-state index in [1.54, 1.807) is 12.1 Å². The van der Waals surface area contributed by atoms with Gasteiger partial charge in [0.25, 0.3) is 0 Å². The first-order chi connectivity index (χ1) is 6.25. The monoisotopic (exact) mass is 310 g/mol. The molecule has 0 amide bonds. The van der Waals surface area contributed by atoms with Crippen molar-refractivity contribution >= 4 is 31.9 Å². The van der Waals surface area contributed by atoms with Gasteiger partial charge < -0.3 is 4.74 Å². The lowest BCUT2D eigenvalue weighted by Crippen LogP contribution is -2.00. The topological polar surface area (TPSA) is 9.23 Å². The van der Waals surface area contributed by atoms with Crippen LogP contribution in [-0.2, 0) is 0 Å². The lowest BCUT2D eigenvalue weighted by molar-refractivity contribution is 0.300. The fraction of sp³-hybridized carbons (Fsp3) is 0.333. The Morgan fingerprint density at radius 3 is 2.77 bits per heavy atom. The number of alkyl halides is 1. The van der Waals surface area contributed by atoms with Crippen molar-refractivity contribution in [1.82, 2.24) is 0 Å². The maximum absolute atomic E-state index is 13.1. The van der Waals surface area contributed by atoms with Crippen LogP contribution in [0.2, 0.25) is 0 Å². The van der Waals surface area contributed by atoms with E-state index in [9.17, 15) is 4.39 Å². The molecule has 0 N–H and O–H groups in total. The Morgan fingerprint density at radius 2 is 2.15 bits per heavy atom. The van der Waals surface area contributed by atoms with Gasteiger partial charge >= 0.3 is 0 Å². The molecule has 4 heteroatoms. The van der Waals surface area contributed by atoms with Crippen molar-refractivity contribution in [3.63, 3.8) is 0 Å². The molecule has 0 saturated heterocycles. The summed E-state index contributed by atoms with van der Waals surface area (Å²) in [5, 5.41) is 0.860. The van der Waals surface area contributed by atoms with Crippen LogP contribution in [0, 0.1) is 5.82 Å². The fourth-order valence-electron chi connectivity index (χ4n) is 0.849. The van der Waals surface area contributed by atoms with Gasteiger partial charge in [-0.05, 0) is 34.5 Å². The Morgan fingerprint density at radius 1 is 1.38 bits per heavy atom. The van der Waals surface area contributed by atoms with Crippen LogP contribution in [0.5, 0.6) is 5.75 Å². The summed E-state index contributed by atoms with van der Waals surface area (Å²) in [5.41, 5.74) is 0. The summed E-state index contributed by atoms with van der Waals surface area (Å²) in [6.45, 7) is 0.519. The molecule has 0 radical (unpaired) electrons. The van der Waals surface area contributed by atoms with Crippen LogP contribution in [0.15, 0.2) is 22.7 Å². The third kappa shape index (κ3) is 3.27. The number of hydrogen-bond acceptors (Lipinski definition) is 1. The molecular formula is C9H9Br2FO. The van der Waals surface area contributed by atoms with Crippen LogP contribution in [0.3, 0.4) is 0 Å². The molecule has 1 nitrogen and oxygen atoms in total. The van der Waals surface area contributed by atoms with Gasteiger partial charge in [0.1, 0.15) is 0 Å².